The minimum absolute atomic E-state index is 0.102. The first kappa shape index (κ1) is 21.9. The summed E-state index contributed by atoms with van der Waals surface area (Å²) in [6.45, 7) is 4.32. The van der Waals surface area contributed by atoms with E-state index >= 15 is 0 Å². The molecule has 0 saturated heterocycles. The molecule has 0 aliphatic rings. The lowest BCUT2D eigenvalue weighted by atomic mass is 10.1. The van der Waals surface area contributed by atoms with Crippen molar-refractivity contribution < 1.29 is 17.9 Å². The van der Waals surface area contributed by atoms with Crippen LogP contribution in [-0.2, 0) is 21.2 Å². The number of amides is 1. The van der Waals surface area contributed by atoms with Crippen molar-refractivity contribution >= 4 is 15.9 Å². The lowest BCUT2D eigenvalue weighted by molar-refractivity contribution is -0.122. The summed E-state index contributed by atoms with van der Waals surface area (Å²) in [5, 5.41) is 2.82. The fourth-order valence-electron chi connectivity index (χ4n) is 2.82. The Hall–Kier alpha value is -2.38. The van der Waals surface area contributed by atoms with Crippen LogP contribution in [0.3, 0.4) is 0 Å². The van der Waals surface area contributed by atoms with Gasteiger partial charge in [0.1, 0.15) is 11.8 Å². The van der Waals surface area contributed by atoms with Gasteiger partial charge in [-0.1, -0.05) is 43.7 Å². The van der Waals surface area contributed by atoms with Gasteiger partial charge in [0.05, 0.1) is 12.0 Å². The largest absolute Gasteiger partial charge is 0.496 e. The monoisotopic (exact) mass is 404 g/mol. The zero-order valence-corrected chi connectivity index (χ0v) is 17.4. The summed E-state index contributed by atoms with van der Waals surface area (Å²) in [4.78, 5) is 12.7. The Kier molecular flexibility index (Phi) is 8.02. The van der Waals surface area contributed by atoms with Gasteiger partial charge in [-0.25, -0.2) is 8.42 Å². The Morgan fingerprint density at radius 2 is 1.86 bits per heavy atom. The molecular weight excluding hydrogens is 376 g/mol. The molecule has 0 radical (unpaired) electrons. The predicted octanol–water partition coefficient (Wildman–Crippen LogP) is 2.81. The number of carbonyl (C=O) groups is 1. The molecule has 1 amide bonds. The summed E-state index contributed by atoms with van der Waals surface area (Å²) in [6, 6.07) is 13.1. The highest BCUT2D eigenvalue weighted by molar-refractivity contribution is 7.89. The second-order valence-electron chi connectivity index (χ2n) is 6.64. The number of methoxy groups -OCH3 is 1. The lowest BCUT2D eigenvalue weighted by Gasteiger charge is -2.19. The van der Waals surface area contributed by atoms with Crippen LogP contribution >= 0.6 is 0 Å². The molecule has 2 aromatic rings. The molecule has 152 valence electrons. The molecule has 2 rings (SSSR count). The molecule has 1 unspecified atom stereocenters. The zero-order valence-electron chi connectivity index (χ0n) is 16.6. The van der Waals surface area contributed by atoms with E-state index in [1.807, 2.05) is 37.3 Å². The molecule has 0 spiro atoms. The van der Waals surface area contributed by atoms with Gasteiger partial charge in [0.2, 0.25) is 15.9 Å². The number of nitrogens with one attached hydrogen (secondary N) is 2. The molecule has 0 aliphatic heterocycles. The van der Waals surface area contributed by atoms with E-state index in [2.05, 4.69) is 10.0 Å². The number of carbonyl (C=O) groups excluding carboxylic acids is 1. The Morgan fingerprint density at radius 1 is 1.14 bits per heavy atom. The van der Waals surface area contributed by atoms with Crippen LogP contribution in [-0.4, -0.2) is 34.0 Å². The van der Waals surface area contributed by atoms with Crippen LogP contribution in [0.15, 0.2) is 53.4 Å². The molecule has 6 nitrogen and oxygen atoms in total. The SMILES string of the molecule is CCCCNC(=O)C(Cc1ccccc1)NS(=O)(=O)c1ccc(OC)c(C)c1. The minimum atomic E-state index is -3.87. The van der Waals surface area contributed by atoms with Crippen molar-refractivity contribution in [3.05, 3.63) is 59.7 Å². The predicted molar refractivity (Wildman–Crippen MR) is 110 cm³/mol. The quantitative estimate of drug-likeness (QED) is 0.597. The minimum Gasteiger partial charge on any atom is -0.496 e. The van der Waals surface area contributed by atoms with Gasteiger partial charge in [-0.05, 0) is 49.1 Å². The number of ether oxygens (including phenoxy) is 1. The molecule has 1 atom stereocenters. The summed E-state index contributed by atoms with van der Waals surface area (Å²) in [5.41, 5.74) is 1.59. The molecule has 2 N–H and O–H groups in total. The average molecular weight is 405 g/mol. The van der Waals surface area contributed by atoms with Crippen LogP contribution in [0.4, 0.5) is 0 Å². The molecule has 2 aromatic carbocycles. The number of hydrogen-bond acceptors (Lipinski definition) is 4. The highest BCUT2D eigenvalue weighted by atomic mass is 32.2. The summed E-state index contributed by atoms with van der Waals surface area (Å²) in [5.74, 6) is 0.281. The Morgan fingerprint density at radius 3 is 2.46 bits per heavy atom. The van der Waals surface area contributed by atoms with Gasteiger partial charge in [-0.3, -0.25) is 4.79 Å². The molecule has 0 fully saturated rings. The highest BCUT2D eigenvalue weighted by Gasteiger charge is 2.26. The van der Waals surface area contributed by atoms with E-state index in [4.69, 9.17) is 4.74 Å². The third-order valence-corrected chi connectivity index (χ3v) is 5.87. The normalized spacial score (nSPS) is 12.4. The lowest BCUT2D eigenvalue weighted by Crippen LogP contribution is -2.48. The van der Waals surface area contributed by atoms with E-state index in [0.29, 0.717) is 17.9 Å². The Balaban J connectivity index is 2.24. The van der Waals surface area contributed by atoms with Gasteiger partial charge >= 0.3 is 0 Å². The number of sulfonamides is 1. The number of aryl methyl sites for hydroxylation is 1. The molecule has 7 heteroatoms. The van der Waals surface area contributed by atoms with Crippen LogP contribution < -0.4 is 14.8 Å². The van der Waals surface area contributed by atoms with E-state index in [-0.39, 0.29) is 17.2 Å². The smallest absolute Gasteiger partial charge is 0.241 e. The second-order valence-corrected chi connectivity index (χ2v) is 8.35. The van der Waals surface area contributed by atoms with Gasteiger partial charge in [-0.2, -0.15) is 4.72 Å². The number of rotatable bonds is 10. The Labute approximate surface area is 167 Å². The summed E-state index contributed by atoms with van der Waals surface area (Å²) < 4.78 is 33.5. The summed E-state index contributed by atoms with van der Waals surface area (Å²) in [6.07, 6.45) is 2.06. The second kappa shape index (κ2) is 10.2. The van der Waals surface area contributed by atoms with Crippen molar-refractivity contribution in [3.8, 4) is 5.75 Å². The van der Waals surface area contributed by atoms with Crippen molar-refractivity contribution in [1.82, 2.24) is 10.0 Å². The van der Waals surface area contributed by atoms with Gasteiger partial charge in [0.25, 0.3) is 0 Å². The van der Waals surface area contributed by atoms with Crippen molar-refractivity contribution in [3.63, 3.8) is 0 Å². The first-order chi connectivity index (χ1) is 13.4. The van der Waals surface area contributed by atoms with E-state index in [0.717, 1.165) is 18.4 Å². The maximum atomic E-state index is 12.9. The molecule has 0 bridgehead atoms. The third kappa shape index (κ3) is 6.07. The fraction of sp³-hybridized carbons (Fsp3) is 0.381. The van der Waals surface area contributed by atoms with Crippen LogP contribution in [0.25, 0.3) is 0 Å². The number of benzene rings is 2. The topological polar surface area (TPSA) is 84.5 Å². The first-order valence-electron chi connectivity index (χ1n) is 9.36. The first-order valence-corrected chi connectivity index (χ1v) is 10.8. The zero-order chi connectivity index (χ0) is 20.6. The van der Waals surface area contributed by atoms with Crippen molar-refractivity contribution in [2.45, 2.75) is 44.0 Å². The average Bonchev–Trinajstić information content (AvgIpc) is 2.68. The van der Waals surface area contributed by atoms with Crippen molar-refractivity contribution in [2.75, 3.05) is 13.7 Å². The van der Waals surface area contributed by atoms with Gasteiger partial charge in [-0.15, -0.1) is 0 Å². The maximum absolute atomic E-state index is 12.9. The van der Waals surface area contributed by atoms with Gasteiger partial charge in [0, 0.05) is 6.54 Å². The standard InChI is InChI=1S/C21H28N2O4S/c1-4-5-13-22-21(24)19(15-17-9-7-6-8-10-17)23-28(25,26)18-11-12-20(27-3)16(2)14-18/h6-12,14,19,23H,4-5,13,15H2,1-3H3,(H,22,24). The van der Waals surface area contributed by atoms with E-state index in [1.54, 1.807) is 13.0 Å². The molecule has 0 aliphatic carbocycles. The Bertz CT molecular complexity index is 883. The van der Waals surface area contributed by atoms with Crippen molar-refractivity contribution in [1.29, 1.82) is 0 Å². The molecule has 0 heterocycles. The van der Waals surface area contributed by atoms with E-state index in [9.17, 15) is 13.2 Å². The van der Waals surface area contributed by atoms with Crippen LogP contribution in [0, 0.1) is 6.92 Å². The van der Waals surface area contributed by atoms with Crippen LogP contribution in [0.5, 0.6) is 5.75 Å². The highest BCUT2D eigenvalue weighted by Crippen LogP contribution is 2.21. The molecule has 0 aromatic heterocycles. The van der Waals surface area contributed by atoms with Crippen molar-refractivity contribution in [2.24, 2.45) is 0 Å². The van der Waals surface area contributed by atoms with E-state index < -0.39 is 16.1 Å². The van der Waals surface area contributed by atoms with Gasteiger partial charge in [0.15, 0.2) is 0 Å². The number of unbranched alkanes of at least 4 members (excludes halogenated alkanes) is 1. The van der Waals surface area contributed by atoms with Crippen LogP contribution in [0.1, 0.15) is 30.9 Å². The number of hydrogen-bond donors (Lipinski definition) is 2. The van der Waals surface area contributed by atoms with Gasteiger partial charge < -0.3 is 10.1 Å². The molecule has 28 heavy (non-hydrogen) atoms. The van der Waals surface area contributed by atoms with E-state index in [1.165, 1.54) is 19.2 Å². The third-order valence-electron chi connectivity index (χ3n) is 4.40. The fourth-order valence-corrected chi connectivity index (χ4v) is 4.10. The summed E-state index contributed by atoms with van der Waals surface area (Å²) in [7, 11) is -2.34. The van der Waals surface area contributed by atoms with Crippen LogP contribution in [0.2, 0.25) is 0 Å². The summed E-state index contributed by atoms with van der Waals surface area (Å²) >= 11 is 0. The molecule has 0 saturated carbocycles. The molecular formula is C21H28N2O4S. The maximum Gasteiger partial charge on any atom is 0.241 e.